The van der Waals surface area contributed by atoms with Crippen LogP contribution in [0.25, 0.3) is 0 Å². The number of hydrazine groups is 1. The minimum atomic E-state index is 0.704. The van der Waals surface area contributed by atoms with E-state index in [9.17, 15) is 0 Å². The summed E-state index contributed by atoms with van der Waals surface area (Å²) in [5.74, 6) is 8.54. The van der Waals surface area contributed by atoms with E-state index in [2.05, 4.69) is 40.2 Å². The molecule has 0 atom stereocenters. The van der Waals surface area contributed by atoms with Crippen molar-refractivity contribution in [2.24, 2.45) is 5.84 Å². The Kier molecular flexibility index (Phi) is 5.19. The lowest BCUT2D eigenvalue weighted by molar-refractivity contribution is 0.404. The molecule has 0 spiro atoms. The van der Waals surface area contributed by atoms with Crippen LogP contribution in [-0.2, 0) is 5.75 Å². The molecule has 0 bridgehead atoms. The van der Waals surface area contributed by atoms with Gasteiger partial charge in [-0.1, -0.05) is 28.1 Å². The third-order valence-corrected chi connectivity index (χ3v) is 5.64. The number of hydrogen-bond donors (Lipinski definition) is 1. The molecular weight excluding hydrogens is 372 g/mol. The highest BCUT2D eigenvalue weighted by Gasteiger charge is 2.27. The van der Waals surface area contributed by atoms with Crippen LogP contribution in [0.5, 0.6) is 5.75 Å². The molecular formula is C18H21BrN2OS. The predicted octanol–water partition coefficient (Wildman–Crippen LogP) is 4.94. The van der Waals surface area contributed by atoms with E-state index in [1.165, 1.54) is 24.0 Å². The number of rotatable bonds is 6. The van der Waals surface area contributed by atoms with Crippen molar-refractivity contribution in [2.75, 3.05) is 19.2 Å². The van der Waals surface area contributed by atoms with E-state index >= 15 is 0 Å². The molecule has 122 valence electrons. The first-order chi connectivity index (χ1) is 11.1. The lowest BCUT2D eigenvalue weighted by Crippen LogP contribution is -2.26. The quantitative estimate of drug-likeness (QED) is 0.429. The molecule has 3 rings (SSSR count). The van der Waals surface area contributed by atoms with Gasteiger partial charge in [-0.15, -0.1) is 11.8 Å². The summed E-state index contributed by atoms with van der Waals surface area (Å²) in [6.45, 7) is 0. The molecule has 1 saturated carbocycles. The SMILES string of the molecule is COc1ccc(Br)cc1SCc1c(C2CC2)cccc1N(C)N. The Labute approximate surface area is 150 Å². The lowest BCUT2D eigenvalue weighted by atomic mass is 10.0. The number of thioether (sulfide) groups is 1. The van der Waals surface area contributed by atoms with Gasteiger partial charge in [-0.25, -0.2) is 5.84 Å². The Morgan fingerprint density at radius 2 is 2.09 bits per heavy atom. The first-order valence-electron chi connectivity index (χ1n) is 7.66. The molecule has 5 heteroatoms. The maximum absolute atomic E-state index is 6.05. The standard InChI is InChI=1S/C18H21BrN2OS/c1-21(20)16-5-3-4-14(12-6-7-12)15(16)11-23-18-10-13(19)8-9-17(18)22-2/h3-5,8-10,12H,6-7,11,20H2,1-2H3. The summed E-state index contributed by atoms with van der Waals surface area (Å²) in [7, 11) is 3.62. The Bertz CT molecular complexity index is 681. The van der Waals surface area contributed by atoms with Crippen LogP contribution in [0.3, 0.4) is 0 Å². The fourth-order valence-corrected chi connectivity index (χ4v) is 4.40. The molecule has 3 nitrogen and oxygen atoms in total. The molecule has 1 aliphatic carbocycles. The Hall–Kier alpha value is -1.17. The summed E-state index contributed by atoms with van der Waals surface area (Å²) >= 11 is 5.33. The Morgan fingerprint density at radius 1 is 1.30 bits per heavy atom. The van der Waals surface area contributed by atoms with Crippen LogP contribution in [0.1, 0.15) is 29.9 Å². The van der Waals surface area contributed by atoms with Crippen LogP contribution in [0.4, 0.5) is 5.69 Å². The lowest BCUT2D eigenvalue weighted by Gasteiger charge is -2.20. The monoisotopic (exact) mass is 392 g/mol. The van der Waals surface area contributed by atoms with Crippen LogP contribution >= 0.6 is 27.7 Å². The molecule has 23 heavy (non-hydrogen) atoms. The molecule has 0 unspecified atom stereocenters. The minimum absolute atomic E-state index is 0.704. The molecule has 0 saturated heterocycles. The summed E-state index contributed by atoms with van der Waals surface area (Å²) < 4.78 is 6.54. The average molecular weight is 393 g/mol. The van der Waals surface area contributed by atoms with Crippen molar-refractivity contribution in [1.82, 2.24) is 0 Å². The van der Waals surface area contributed by atoms with Gasteiger partial charge in [0.1, 0.15) is 5.75 Å². The zero-order chi connectivity index (χ0) is 16.4. The van der Waals surface area contributed by atoms with Crippen LogP contribution in [0.15, 0.2) is 45.8 Å². The molecule has 0 amide bonds. The van der Waals surface area contributed by atoms with Gasteiger partial charge in [0.2, 0.25) is 0 Å². The molecule has 0 radical (unpaired) electrons. The molecule has 2 aromatic carbocycles. The zero-order valence-corrected chi connectivity index (χ0v) is 15.8. The van der Waals surface area contributed by atoms with Gasteiger partial charge in [0.15, 0.2) is 0 Å². The normalized spacial score (nSPS) is 13.9. The van der Waals surface area contributed by atoms with E-state index in [1.54, 1.807) is 23.9 Å². The summed E-state index contributed by atoms with van der Waals surface area (Å²) in [5.41, 5.74) is 3.89. The van der Waals surface area contributed by atoms with Crippen LogP contribution in [0.2, 0.25) is 0 Å². The highest BCUT2D eigenvalue weighted by molar-refractivity contribution is 9.10. The highest BCUT2D eigenvalue weighted by Crippen LogP contribution is 2.45. The molecule has 0 aliphatic heterocycles. The van der Waals surface area contributed by atoms with Gasteiger partial charge in [0, 0.05) is 17.3 Å². The van der Waals surface area contributed by atoms with Crippen molar-refractivity contribution >= 4 is 33.4 Å². The summed E-state index contributed by atoms with van der Waals surface area (Å²) in [6.07, 6.45) is 2.57. The highest BCUT2D eigenvalue weighted by atomic mass is 79.9. The average Bonchev–Trinajstić information content (AvgIpc) is 3.37. The van der Waals surface area contributed by atoms with E-state index in [0.29, 0.717) is 5.92 Å². The second-order valence-electron chi connectivity index (χ2n) is 5.81. The van der Waals surface area contributed by atoms with E-state index < -0.39 is 0 Å². The van der Waals surface area contributed by atoms with E-state index in [4.69, 9.17) is 10.6 Å². The fourth-order valence-electron chi connectivity index (χ4n) is 2.77. The Morgan fingerprint density at radius 3 is 2.74 bits per heavy atom. The second kappa shape index (κ2) is 7.16. The molecule has 2 aromatic rings. The van der Waals surface area contributed by atoms with Crippen molar-refractivity contribution in [3.8, 4) is 5.75 Å². The van der Waals surface area contributed by atoms with Crippen molar-refractivity contribution in [2.45, 2.75) is 29.4 Å². The van der Waals surface area contributed by atoms with Gasteiger partial charge in [-0.2, -0.15) is 0 Å². The number of halogens is 1. The summed E-state index contributed by atoms with van der Waals surface area (Å²) in [5, 5.41) is 1.72. The van der Waals surface area contributed by atoms with Crippen LogP contribution in [0, 0.1) is 0 Å². The van der Waals surface area contributed by atoms with Crippen LogP contribution < -0.4 is 15.6 Å². The smallest absolute Gasteiger partial charge is 0.132 e. The third kappa shape index (κ3) is 3.84. The maximum atomic E-state index is 6.05. The van der Waals surface area contributed by atoms with Crippen LogP contribution in [-0.4, -0.2) is 14.2 Å². The van der Waals surface area contributed by atoms with Crippen molar-refractivity contribution < 1.29 is 4.74 Å². The van der Waals surface area contributed by atoms with Gasteiger partial charge in [-0.05, 0) is 54.2 Å². The first kappa shape index (κ1) is 16.7. The molecule has 0 heterocycles. The minimum Gasteiger partial charge on any atom is -0.496 e. The van der Waals surface area contributed by atoms with Gasteiger partial charge < -0.3 is 9.75 Å². The van der Waals surface area contributed by atoms with Crippen molar-refractivity contribution in [3.05, 3.63) is 52.0 Å². The number of nitrogens with zero attached hydrogens (tertiary/aromatic N) is 1. The molecule has 1 fully saturated rings. The number of anilines is 1. The van der Waals surface area contributed by atoms with Gasteiger partial charge in [0.25, 0.3) is 0 Å². The van der Waals surface area contributed by atoms with Gasteiger partial charge in [-0.3, -0.25) is 0 Å². The Balaban J connectivity index is 1.89. The van der Waals surface area contributed by atoms with Gasteiger partial charge >= 0.3 is 0 Å². The summed E-state index contributed by atoms with van der Waals surface area (Å²) in [4.78, 5) is 1.14. The number of ether oxygens (including phenoxy) is 1. The molecule has 0 aromatic heterocycles. The first-order valence-corrected chi connectivity index (χ1v) is 9.44. The van der Waals surface area contributed by atoms with Gasteiger partial charge in [0.05, 0.1) is 17.7 Å². The molecule has 1 aliphatic rings. The van der Waals surface area contributed by atoms with Crippen molar-refractivity contribution in [3.63, 3.8) is 0 Å². The van der Waals surface area contributed by atoms with Crippen molar-refractivity contribution in [1.29, 1.82) is 0 Å². The maximum Gasteiger partial charge on any atom is 0.132 e. The number of hydrogen-bond acceptors (Lipinski definition) is 4. The number of benzene rings is 2. The largest absolute Gasteiger partial charge is 0.496 e. The van der Waals surface area contributed by atoms with E-state index in [1.807, 2.05) is 19.2 Å². The number of methoxy groups -OCH3 is 1. The van der Waals surface area contributed by atoms with E-state index in [0.717, 1.165) is 26.6 Å². The third-order valence-electron chi connectivity index (χ3n) is 4.08. The topological polar surface area (TPSA) is 38.5 Å². The fraction of sp³-hybridized carbons (Fsp3) is 0.333. The van der Waals surface area contributed by atoms with E-state index in [-0.39, 0.29) is 0 Å². The number of nitrogens with two attached hydrogens (primary N) is 1. The summed E-state index contributed by atoms with van der Waals surface area (Å²) in [6, 6.07) is 12.6. The predicted molar refractivity (Wildman–Crippen MR) is 101 cm³/mol. The zero-order valence-electron chi connectivity index (χ0n) is 13.4. The second-order valence-corrected chi connectivity index (χ2v) is 7.75. The molecule has 2 N–H and O–H groups in total.